The van der Waals surface area contributed by atoms with Crippen molar-refractivity contribution in [1.29, 1.82) is 0 Å². The van der Waals surface area contributed by atoms with Crippen molar-refractivity contribution in [3.05, 3.63) is 102 Å². The lowest BCUT2D eigenvalue weighted by Gasteiger charge is -2.15. The molecule has 5 nitrogen and oxygen atoms in total. The number of rotatable bonds is 10. The second-order valence-electron chi connectivity index (χ2n) is 7.48. The zero-order valence-electron chi connectivity index (χ0n) is 17.6. The highest BCUT2D eigenvalue weighted by molar-refractivity contribution is 7.89. The van der Waals surface area contributed by atoms with Crippen LogP contribution in [0.1, 0.15) is 36.1 Å². The monoisotopic (exact) mass is 436 g/mol. The number of carbonyl (C=O) groups is 1. The van der Waals surface area contributed by atoms with E-state index in [-0.39, 0.29) is 16.8 Å². The van der Waals surface area contributed by atoms with Crippen LogP contribution in [-0.2, 0) is 27.7 Å². The first kappa shape index (κ1) is 22.7. The van der Waals surface area contributed by atoms with Crippen LogP contribution in [0.2, 0.25) is 0 Å². The second-order valence-corrected chi connectivity index (χ2v) is 9.20. The van der Waals surface area contributed by atoms with Gasteiger partial charge in [-0.25, -0.2) is 13.1 Å². The van der Waals surface area contributed by atoms with E-state index in [0.717, 1.165) is 17.5 Å². The normalized spacial score (nSPS) is 12.3. The van der Waals surface area contributed by atoms with Crippen molar-refractivity contribution in [2.45, 2.75) is 37.1 Å². The van der Waals surface area contributed by atoms with Gasteiger partial charge in [-0.15, -0.1) is 0 Å². The van der Waals surface area contributed by atoms with Crippen LogP contribution in [0, 0.1) is 0 Å². The zero-order valence-corrected chi connectivity index (χ0v) is 18.4. The molecule has 0 spiro atoms. The number of nitrogens with one attached hydrogen (secondary N) is 2. The molecule has 0 aliphatic heterocycles. The molecule has 3 aromatic rings. The highest BCUT2D eigenvalue weighted by Gasteiger charge is 2.18. The fraction of sp³-hybridized carbons (Fsp3) is 0.240. The summed E-state index contributed by atoms with van der Waals surface area (Å²) in [6.45, 7) is 2.42. The van der Waals surface area contributed by atoms with Gasteiger partial charge < -0.3 is 5.32 Å². The number of hydrogen-bond donors (Lipinski definition) is 2. The molecule has 31 heavy (non-hydrogen) atoms. The van der Waals surface area contributed by atoms with E-state index in [2.05, 4.69) is 10.0 Å². The summed E-state index contributed by atoms with van der Waals surface area (Å²) in [5, 5.41) is 2.93. The van der Waals surface area contributed by atoms with Gasteiger partial charge in [-0.2, -0.15) is 0 Å². The van der Waals surface area contributed by atoms with Crippen molar-refractivity contribution in [2.24, 2.45) is 0 Å². The molecule has 0 heterocycles. The molecule has 1 amide bonds. The van der Waals surface area contributed by atoms with Crippen molar-refractivity contribution in [3.8, 4) is 0 Å². The van der Waals surface area contributed by atoms with Gasteiger partial charge in [0, 0.05) is 19.0 Å². The Kier molecular flexibility index (Phi) is 7.98. The molecular formula is C25H28N2O3S. The molecule has 0 aliphatic rings. The van der Waals surface area contributed by atoms with Crippen LogP contribution >= 0.6 is 0 Å². The van der Waals surface area contributed by atoms with Crippen molar-refractivity contribution in [3.63, 3.8) is 0 Å². The van der Waals surface area contributed by atoms with E-state index in [4.69, 9.17) is 0 Å². The molecule has 0 aliphatic carbocycles. The molecule has 0 bridgehead atoms. The number of hydrogen-bond acceptors (Lipinski definition) is 3. The van der Waals surface area contributed by atoms with Crippen molar-refractivity contribution >= 4 is 15.9 Å². The van der Waals surface area contributed by atoms with Gasteiger partial charge in [-0.05, 0) is 48.6 Å². The number of amides is 1. The first-order chi connectivity index (χ1) is 14.9. The van der Waals surface area contributed by atoms with Gasteiger partial charge in [-0.1, -0.05) is 72.8 Å². The Labute approximate surface area is 184 Å². The zero-order chi connectivity index (χ0) is 22.1. The minimum Gasteiger partial charge on any atom is -0.356 e. The molecular weight excluding hydrogens is 408 g/mol. The van der Waals surface area contributed by atoms with E-state index in [1.807, 2.05) is 67.6 Å². The predicted molar refractivity (Wildman–Crippen MR) is 123 cm³/mol. The summed E-state index contributed by atoms with van der Waals surface area (Å²) in [6.07, 6.45) is 1.73. The van der Waals surface area contributed by atoms with Crippen LogP contribution in [-0.4, -0.2) is 20.9 Å². The number of benzene rings is 3. The van der Waals surface area contributed by atoms with Crippen LogP contribution in [0.25, 0.3) is 0 Å². The molecule has 6 heteroatoms. The van der Waals surface area contributed by atoms with Crippen LogP contribution in [0.4, 0.5) is 0 Å². The summed E-state index contributed by atoms with van der Waals surface area (Å²) < 4.78 is 28.0. The van der Waals surface area contributed by atoms with E-state index in [1.54, 1.807) is 24.3 Å². The van der Waals surface area contributed by atoms with Crippen LogP contribution in [0.5, 0.6) is 0 Å². The SMILES string of the molecule is C[C@@H](NS(=O)(=O)c1ccc(CCC(=O)NCCc2ccccc2)cc1)c1ccccc1. The lowest BCUT2D eigenvalue weighted by molar-refractivity contribution is -0.121. The summed E-state index contributed by atoms with van der Waals surface area (Å²) in [4.78, 5) is 12.3. The molecule has 2 N–H and O–H groups in total. The Hall–Kier alpha value is -2.96. The third kappa shape index (κ3) is 7.05. The third-order valence-electron chi connectivity index (χ3n) is 5.08. The second kappa shape index (κ2) is 10.9. The van der Waals surface area contributed by atoms with Gasteiger partial charge in [0.2, 0.25) is 15.9 Å². The predicted octanol–water partition coefficient (Wildman–Crippen LogP) is 4.02. The first-order valence-electron chi connectivity index (χ1n) is 10.4. The van der Waals surface area contributed by atoms with E-state index in [0.29, 0.717) is 19.4 Å². The van der Waals surface area contributed by atoms with Crippen molar-refractivity contribution < 1.29 is 13.2 Å². The van der Waals surface area contributed by atoms with Gasteiger partial charge >= 0.3 is 0 Å². The molecule has 1 atom stereocenters. The average Bonchev–Trinajstić information content (AvgIpc) is 2.79. The summed E-state index contributed by atoms with van der Waals surface area (Å²) in [6, 6.07) is 25.8. The van der Waals surface area contributed by atoms with E-state index in [9.17, 15) is 13.2 Å². The fourth-order valence-electron chi connectivity index (χ4n) is 3.28. The van der Waals surface area contributed by atoms with E-state index in [1.165, 1.54) is 5.56 Å². The first-order valence-corrected chi connectivity index (χ1v) is 11.9. The van der Waals surface area contributed by atoms with Crippen LogP contribution < -0.4 is 10.0 Å². The molecule has 0 aromatic heterocycles. The van der Waals surface area contributed by atoms with Gasteiger partial charge in [0.1, 0.15) is 0 Å². The molecule has 0 saturated carbocycles. The number of aryl methyl sites for hydroxylation is 1. The van der Waals surface area contributed by atoms with Crippen molar-refractivity contribution in [1.82, 2.24) is 10.0 Å². The van der Waals surface area contributed by atoms with Crippen LogP contribution in [0.3, 0.4) is 0 Å². The maximum atomic E-state index is 12.7. The maximum Gasteiger partial charge on any atom is 0.241 e. The Morgan fingerprint density at radius 1 is 0.806 bits per heavy atom. The fourth-order valence-corrected chi connectivity index (χ4v) is 4.51. The molecule has 3 aromatic carbocycles. The topological polar surface area (TPSA) is 75.3 Å². The maximum absolute atomic E-state index is 12.7. The Balaban J connectivity index is 1.47. The summed E-state index contributed by atoms with van der Waals surface area (Å²) in [5.74, 6) is -0.00835. The molecule has 3 rings (SSSR count). The highest BCUT2D eigenvalue weighted by atomic mass is 32.2. The molecule has 0 saturated heterocycles. The Bertz CT molecular complexity index is 1070. The van der Waals surface area contributed by atoms with Gasteiger partial charge in [-0.3, -0.25) is 4.79 Å². The van der Waals surface area contributed by atoms with Crippen molar-refractivity contribution in [2.75, 3.05) is 6.54 Å². The molecule has 0 radical (unpaired) electrons. The number of carbonyl (C=O) groups excluding carboxylic acids is 1. The molecule has 162 valence electrons. The van der Waals surface area contributed by atoms with Gasteiger partial charge in [0.15, 0.2) is 0 Å². The third-order valence-corrected chi connectivity index (χ3v) is 6.64. The van der Waals surface area contributed by atoms with Crippen LogP contribution in [0.15, 0.2) is 89.8 Å². The average molecular weight is 437 g/mol. The Morgan fingerprint density at radius 2 is 1.39 bits per heavy atom. The minimum atomic E-state index is -3.62. The van der Waals surface area contributed by atoms with Gasteiger partial charge in [0.25, 0.3) is 0 Å². The summed E-state index contributed by atoms with van der Waals surface area (Å²) in [7, 11) is -3.62. The van der Waals surface area contributed by atoms with E-state index >= 15 is 0 Å². The highest BCUT2D eigenvalue weighted by Crippen LogP contribution is 2.17. The lowest BCUT2D eigenvalue weighted by atomic mass is 10.1. The lowest BCUT2D eigenvalue weighted by Crippen LogP contribution is -2.27. The minimum absolute atomic E-state index is 0.00835. The summed E-state index contributed by atoms with van der Waals surface area (Å²) >= 11 is 0. The molecule has 0 unspecified atom stereocenters. The largest absolute Gasteiger partial charge is 0.356 e. The molecule has 0 fully saturated rings. The smallest absolute Gasteiger partial charge is 0.241 e. The standard InChI is InChI=1S/C25H28N2O3S/c1-20(23-10-6-3-7-11-23)27-31(29,30)24-15-12-22(13-16-24)14-17-25(28)26-19-18-21-8-4-2-5-9-21/h2-13,15-16,20,27H,14,17-19H2,1H3,(H,26,28)/t20-/m1/s1. The summed E-state index contributed by atoms with van der Waals surface area (Å²) in [5.41, 5.74) is 3.02. The Morgan fingerprint density at radius 3 is 2.03 bits per heavy atom. The van der Waals surface area contributed by atoms with E-state index < -0.39 is 10.0 Å². The number of sulfonamides is 1. The van der Waals surface area contributed by atoms with Gasteiger partial charge in [0.05, 0.1) is 4.90 Å². The quantitative estimate of drug-likeness (QED) is 0.504.